The van der Waals surface area contributed by atoms with E-state index < -0.39 is 6.48 Å². The maximum absolute atomic E-state index is 5.26. The van der Waals surface area contributed by atoms with Gasteiger partial charge >= 0.3 is 0 Å². The van der Waals surface area contributed by atoms with Crippen LogP contribution in [0.15, 0.2) is 0 Å². The van der Waals surface area contributed by atoms with E-state index in [1.807, 2.05) is 0 Å². The van der Waals surface area contributed by atoms with Gasteiger partial charge in [-0.15, -0.1) is 0 Å². The fourth-order valence-corrected chi connectivity index (χ4v) is 1.02. The lowest BCUT2D eigenvalue weighted by atomic mass is 9.97. The van der Waals surface area contributed by atoms with Gasteiger partial charge in [-0.25, -0.2) is 0 Å². The van der Waals surface area contributed by atoms with E-state index in [0.717, 1.165) is 13.2 Å². The molecule has 0 spiro atoms. The summed E-state index contributed by atoms with van der Waals surface area (Å²) in [6, 6.07) is 0. The first-order valence-corrected chi connectivity index (χ1v) is 4.00. The third-order valence-electron chi connectivity index (χ3n) is 2.03. The summed E-state index contributed by atoms with van der Waals surface area (Å²) in [4.78, 5) is 0. The van der Waals surface area contributed by atoms with Crippen LogP contribution in [0, 0.1) is 11.8 Å². The van der Waals surface area contributed by atoms with Gasteiger partial charge < -0.3 is 14.2 Å². The minimum atomic E-state index is -0.440. The quantitative estimate of drug-likeness (QED) is 0.608. The second-order valence-corrected chi connectivity index (χ2v) is 3.20. The van der Waals surface area contributed by atoms with Crippen LogP contribution in [-0.2, 0) is 14.2 Å². The Bertz CT molecular complexity index is 106. The van der Waals surface area contributed by atoms with Gasteiger partial charge in [-0.3, -0.25) is 0 Å². The van der Waals surface area contributed by atoms with E-state index in [4.69, 9.17) is 14.2 Å². The average Bonchev–Trinajstić information content (AvgIpc) is 2.05. The summed E-state index contributed by atoms with van der Waals surface area (Å²) < 4.78 is 15.4. The molecule has 1 aliphatic heterocycles. The highest BCUT2D eigenvalue weighted by molar-refractivity contribution is 4.63. The zero-order valence-corrected chi connectivity index (χ0v) is 7.37. The predicted octanol–water partition coefficient (Wildman–Crippen LogP) is 1.24. The number of ether oxygens (including phenoxy) is 3. The molecule has 1 rings (SSSR count). The van der Waals surface area contributed by atoms with Crippen molar-refractivity contribution in [3.63, 3.8) is 0 Å². The van der Waals surface area contributed by atoms with E-state index in [1.54, 1.807) is 7.11 Å². The standard InChI is InChI=1S/C8H16O3/c1-6(2)7-4-10-8(9-3)11-5-7/h6-8H,4-5H2,1-3H3. The molecule has 3 nitrogen and oxygen atoms in total. The van der Waals surface area contributed by atoms with Crippen molar-refractivity contribution in [3.05, 3.63) is 0 Å². The molecule has 66 valence electrons. The second kappa shape index (κ2) is 4.04. The summed E-state index contributed by atoms with van der Waals surface area (Å²) in [6.45, 7) is 5.39. The van der Waals surface area contributed by atoms with Crippen LogP contribution < -0.4 is 0 Å². The van der Waals surface area contributed by atoms with Gasteiger partial charge in [0.2, 0.25) is 0 Å². The van der Waals surface area contributed by atoms with E-state index >= 15 is 0 Å². The van der Waals surface area contributed by atoms with Crippen molar-refractivity contribution < 1.29 is 14.2 Å². The van der Waals surface area contributed by atoms with Crippen LogP contribution >= 0.6 is 0 Å². The summed E-state index contributed by atoms with van der Waals surface area (Å²) in [7, 11) is 1.58. The van der Waals surface area contributed by atoms with E-state index in [2.05, 4.69) is 13.8 Å². The van der Waals surface area contributed by atoms with Crippen molar-refractivity contribution in [2.45, 2.75) is 20.3 Å². The Morgan fingerprint density at radius 3 is 2.18 bits per heavy atom. The van der Waals surface area contributed by atoms with Gasteiger partial charge in [-0.2, -0.15) is 0 Å². The van der Waals surface area contributed by atoms with Gasteiger partial charge in [-0.1, -0.05) is 13.8 Å². The summed E-state index contributed by atoms with van der Waals surface area (Å²) in [6.07, 6.45) is 0. The number of hydrogen-bond acceptors (Lipinski definition) is 3. The fraction of sp³-hybridized carbons (Fsp3) is 1.00. The molecule has 11 heavy (non-hydrogen) atoms. The molecule has 0 aliphatic carbocycles. The highest BCUT2D eigenvalue weighted by Crippen LogP contribution is 2.18. The third kappa shape index (κ3) is 2.43. The first kappa shape index (κ1) is 8.97. The monoisotopic (exact) mass is 160 g/mol. The van der Waals surface area contributed by atoms with Crippen molar-refractivity contribution in [2.24, 2.45) is 11.8 Å². The average molecular weight is 160 g/mol. The van der Waals surface area contributed by atoms with Crippen LogP contribution in [0.3, 0.4) is 0 Å². The molecule has 0 N–H and O–H groups in total. The van der Waals surface area contributed by atoms with Gasteiger partial charge in [0, 0.05) is 13.0 Å². The minimum Gasteiger partial charge on any atom is -0.333 e. The Hall–Kier alpha value is -0.120. The molecule has 1 aliphatic rings. The second-order valence-electron chi connectivity index (χ2n) is 3.20. The van der Waals surface area contributed by atoms with Gasteiger partial charge in [0.1, 0.15) is 0 Å². The summed E-state index contributed by atoms with van der Waals surface area (Å²) in [5.74, 6) is 1.13. The van der Waals surface area contributed by atoms with Crippen LogP contribution in [0.4, 0.5) is 0 Å². The van der Waals surface area contributed by atoms with Crippen LogP contribution in [0.5, 0.6) is 0 Å². The van der Waals surface area contributed by atoms with Crippen LogP contribution in [0.25, 0.3) is 0 Å². The molecule has 0 aromatic heterocycles. The summed E-state index contributed by atoms with van der Waals surface area (Å²) >= 11 is 0. The first-order valence-electron chi connectivity index (χ1n) is 4.00. The number of methoxy groups -OCH3 is 1. The molecule has 0 saturated carbocycles. The molecule has 0 amide bonds. The lowest BCUT2D eigenvalue weighted by Gasteiger charge is -2.30. The SMILES string of the molecule is COC1OCC(C(C)C)CO1. The van der Waals surface area contributed by atoms with E-state index in [-0.39, 0.29) is 0 Å². The topological polar surface area (TPSA) is 27.7 Å². The molecule has 0 radical (unpaired) electrons. The van der Waals surface area contributed by atoms with Crippen molar-refractivity contribution in [3.8, 4) is 0 Å². The van der Waals surface area contributed by atoms with E-state index in [9.17, 15) is 0 Å². The van der Waals surface area contributed by atoms with Crippen LogP contribution in [0.1, 0.15) is 13.8 Å². The molecule has 0 aromatic rings. The van der Waals surface area contributed by atoms with E-state index in [1.165, 1.54) is 0 Å². The molecule has 0 atom stereocenters. The molecular weight excluding hydrogens is 144 g/mol. The molecule has 0 unspecified atom stereocenters. The molecule has 0 bridgehead atoms. The van der Waals surface area contributed by atoms with Gasteiger partial charge in [0.05, 0.1) is 13.2 Å². The van der Waals surface area contributed by atoms with Crippen molar-refractivity contribution in [1.82, 2.24) is 0 Å². The summed E-state index contributed by atoms with van der Waals surface area (Å²) in [5, 5.41) is 0. The fourth-order valence-electron chi connectivity index (χ4n) is 1.02. The normalized spacial score (nSPS) is 32.7. The molecular formula is C8H16O3. The minimum absolute atomic E-state index is 0.440. The van der Waals surface area contributed by atoms with Crippen LogP contribution in [-0.4, -0.2) is 26.8 Å². The Labute approximate surface area is 67.6 Å². The number of hydrogen-bond donors (Lipinski definition) is 0. The molecule has 1 fully saturated rings. The largest absolute Gasteiger partial charge is 0.333 e. The Morgan fingerprint density at radius 1 is 1.27 bits per heavy atom. The highest BCUT2D eigenvalue weighted by atomic mass is 16.8. The lowest BCUT2D eigenvalue weighted by Crippen LogP contribution is -2.35. The molecule has 1 heterocycles. The van der Waals surface area contributed by atoms with Gasteiger partial charge in [0.25, 0.3) is 6.48 Å². The van der Waals surface area contributed by atoms with Gasteiger partial charge in [0.15, 0.2) is 0 Å². The van der Waals surface area contributed by atoms with Gasteiger partial charge in [-0.05, 0) is 5.92 Å². The Morgan fingerprint density at radius 2 is 1.82 bits per heavy atom. The smallest absolute Gasteiger partial charge is 0.271 e. The molecule has 1 saturated heterocycles. The predicted molar refractivity (Wildman–Crippen MR) is 41.0 cm³/mol. The lowest BCUT2D eigenvalue weighted by molar-refractivity contribution is -0.316. The molecule has 3 heteroatoms. The van der Waals surface area contributed by atoms with Crippen molar-refractivity contribution in [1.29, 1.82) is 0 Å². The Kier molecular flexibility index (Phi) is 3.30. The van der Waals surface area contributed by atoms with E-state index in [0.29, 0.717) is 11.8 Å². The maximum Gasteiger partial charge on any atom is 0.271 e. The maximum atomic E-state index is 5.26. The van der Waals surface area contributed by atoms with Crippen molar-refractivity contribution >= 4 is 0 Å². The first-order chi connectivity index (χ1) is 5.24. The third-order valence-corrected chi connectivity index (χ3v) is 2.03. The van der Waals surface area contributed by atoms with Crippen LogP contribution in [0.2, 0.25) is 0 Å². The Balaban J connectivity index is 2.24. The molecule has 0 aromatic carbocycles. The zero-order valence-electron chi connectivity index (χ0n) is 7.37. The number of rotatable bonds is 2. The summed E-state index contributed by atoms with van der Waals surface area (Å²) in [5.41, 5.74) is 0. The van der Waals surface area contributed by atoms with Crippen molar-refractivity contribution in [2.75, 3.05) is 20.3 Å². The highest BCUT2D eigenvalue weighted by Gasteiger charge is 2.23. The zero-order chi connectivity index (χ0) is 8.27.